The summed E-state index contributed by atoms with van der Waals surface area (Å²) in [5, 5.41) is 0.961. The number of alkyl halides is 1. The van der Waals surface area contributed by atoms with Crippen molar-refractivity contribution in [1.29, 1.82) is 0 Å². The average molecular weight is 360 g/mol. The normalized spacial score (nSPS) is 23.1. The van der Waals surface area contributed by atoms with Crippen molar-refractivity contribution in [3.63, 3.8) is 0 Å². The third-order valence-corrected chi connectivity index (χ3v) is 6.58. The van der Waals surface area contributed by atoms with Gasteiger partial charge in [0.05, 0.1) is 4.90 Å². The van der Waals surface area contributed by atoms with Crippen molar-refractivity contribution in [3.8, 4) is 0 Å². The molecule has 112 valence electrons. The maximum absolute atomic E-state index is 12.4. The van der Waals surface area contributed by atoms with E-state index < -0.39 is 10.0 Å². The van der Waals surface area contributed by atoms with E-state index in [9.17, 15) is 8.42 Å². The standard InChI is InChI=1S/C15H22BrNO2S/c1-11-6-7-12(2)15(8-11)20(18,19)17-10-14-5-3-4-13(14)9-16/h6-8,13-14,17H,3-5,9-10H2,1-2H3. The molecule has 0 bridgehead atoms. The molecule has 0 aromatic heterocycles. The summed E-state index contributed by atoms with van der Waals surface area (Å²) in [6, 6.07) is 5.54. The SMILES string of the molecule is Cc1ccc(C)c(S(=O)(=O)NCC2CCCC2CBr)c1. The number of hydrogen-bond donors (Lipinski definition) is 1. The lowest BCUT2D eigenvalue weighted by Crippen LogP contribution is -2.31. The smallest absolute Gasteiger partial charge is 0.211 e. The molecule has 0 radical (unpaired) electrons. The monoisotopic (exact) mass is 359 g/mol. The van der Waals surface area contributed by atoms with Crippen LogP contribution in [-0.2, 0) is 10.0 Å². The summed E-state index contributed by atoms with van der Waals surface area (Å²) >= 11 is 3.53. The summed E-state index contributed by atoms with van der Waals surface area (Å²) in [4.78, 5) is 0.408. The van der Waals surface area contributed by atoms with Crippen molar-refractivity contribution in [2.45, 2.75) is 38.0 Å². The molecule has 1 aromatic carbocycles. The fraction of sp³-hybridized carbons (Fsp3) is 0.600. The van der Waals surface area contributed by atoms with E-state index in [1.54, 1.807) is 6.07 Å². The molecule has 0 saturated heterocycles. The van der Waals surface area contributed by atoms with Crippen LogP contribution in [0.25, 0.3) is 0 Å². The van der Waals surface area contributed by atoms with Crippen LogP contribution in [0.5, 0.6) is 0 Å². The maximum atomic E-state index is 12.4. The molecule has 1 aliphatic rings. The van der Waals surface area contributed by atoms with Gasteiger partial charge < -0.3 is 0 Å². The molecule has 5 heteroatoms. The number of benzene rings is 1. The molecule has 1 aromatic rings. The van der Waals surface area contributed by atoms with Crippen LogP contribution in [0.3, 0.4) is 0 Å². The largest absolute Gasteiger partial charge is 0.240 e. The van der Waals surface area contributed by atoms with Gasteiger partial charge in [-0.3, -0.25) is 0 Å². The first-order chi connectivity index (χ1) is 9.44. The highest BCUT2D eigenvalue weighted by Crippen LogP contribution is 2.32. The third-order valence-electron chi connectivity index (χ3n) is 4.18. The van der Waals surface area contributed by atoms with Crippen molar-refractivity contribution in [2.75, 3.05) is 11.9 Å². The van der Waals surface area contributed by atoms with Crippen molar-refractivity contribution in [1.82, 2.24) is 4.72 Å². The first kappa shape index (κ1) is 16.0. The van der Waals surface area contributed by atoms with Gasteiger partial charge in [-0.05, 0) is 55.7 Å². The quantitative estimate of drug-likeness (QED) is 0.819. The molecular weight excluding hydrogens is 338 g/mol. The van der Waals surface area contributed by atoms with Gasteiger partial charge >= 0.3 is 0 Å². The lowest BCUT2D eigenvalue weighted by Gasteiger charge is -2.18. The van der Waals surface area contributed by atoms with E-state index in [0.29, 0.717) is 23.3 Å². The average Bonchev–Trinajstić information content (AvgIpc) is 2.86. The van der Waals surface area contributed by atoms with E-state index in [0.717, 1.165) is 22.9 Å². The van der Waals surface area contributed by atoms with E-state index >= 15 is 0 Å². The van der Waals surface area contributed by atoms with Gasteiger partial charge in [0.25, 0.3) is 0 Å². The van der Waals surface area contributed by atoms with Crippen molar-refractivity contribution >= 4 is 26.0 Å². The van der Waals surface area contributed by atoms with Gasteiger partial charge in [0.2, 0.25) is 10.0 Å². The van der Waals surface area contributed by atoms with E-state index in [-0.39, 0.29) is 0 Å². The molecule has 0 heterocycles. The van der Waals surface area contributed by atoms with Gasteiger partial charge in [0.1, 0.15) is 0 Å². The topological polar surface area (TPSA) is 46.2 Å². The van der Waals surface area contributed by atoms with Crippen LogP contribution >= 0.6 is 15.9 Å². The molecule has 1 fully saturated rings. The van der Waals surface area contributed by atoms with E-state index in [4.69, 9.17) is 0 Å². The highest BCUT2D eigenvalue weighted by Gasteiger charge is 2.28. The van der Waals surface area contributed by atoms with Crippen molar-refractivity contribution < 1.29 is 8.42 Å². The molecule has 1 saturated carbocycles. The van der Waals surface area contributed by atoms with Gasteiger partial charge in [-0.15, -0.1) is 0 Å². The zero-order chi connectivity index (χ0) is 14.8. The highest BCUT2D eigenvalue weighted by molar-refractivity contribution is 9.09. The van der Waals surface area contributed by atoms with Gasteiger partial charge in [0, 0.05) is 11.9 Å². The molecule has 20 heavy (non-hydrogen) atoms. The van der Waals surface area contributed by atoms with Gasteiger partial charge in [-0.2, -0.15) is 0 Å². The molecule has 2 atom stereocenters. The van der Waals surface area contributed by atoms with Crippen molar-refractivity contribution in [2.24, 2.45) is 11.8 Å². The Kier molecular flexibility index (Phi) is 5.26. The van der Waals surface area contributed by atoms with E-state index in [1.807, 2.05) is 26.0 Å². The zero-order valence-electron chi connectivity index (χ0n) is 12.0. The van der Waals surface area contributed by atoms with Crippen LogP contribution in [-0.4, -0.2) is 20.3 Å². The summed E-state index contributed by atoms with van der Waals surface area (Å²) in [6.45, 7) is 4.30. The van der Waals surface area contributed by atoms with E-state index in [1.165, 1.54) is 12.8 Å². The van der Waals surface area contributed by atoms with Crippen LogP contribution in [0.15, 0.2) is 23.1 Å². The van der Waals surface area contributed by atoms with Crippen molar-refractivity contribution in [3.05, 3.63) is 29.3 Å². The molecular formula is C15H22BrNO2S. The van der Waals surface area contributed by atoms with E-state index in [2.05, 4.69) is 20.7 Å². The fourth-order valence-electron chi connectivity index (χ4n) is 2.88. The Morgan fingerprint density at radius 2 is 1.95 bits per heavy atom. The molecule has 0 amide bonds. The Morgan fingerprint density at radius 1 is 1.25 bits per heavy atom. The first-order valence-corrected chi connectivity index (χ1v) is 9.67. The van der Waals surface area contributed by atoms with Crippen LogP contribution in [0.4, 0.5) is 0 Å². The maximum Gasteiger partial charge on any atom is 0.240 e. The van der Waals surface area contributed by atoms with Crippen LogP contribution in [0.2, 0.25) is 0 Å². The fourth-order valence-corrected chi connectivity index (χ4v) is 5.15. The Hall–Kier alpha value is -0.390. The molecule has 0 spiro atoms. The molecule has 0 aliphatic heterocycles. The Bertz CT molecular complexity index is 571. The van der Waals surface area contributed by atoms with Gasteiger partial charge in [-0.25, -0.2) is 13.1 Å². The number of nitrogens with one attached hydrogen (secondary N) is 1. The van der Waals surface area contributed by atoms with Crippen LogP contribution in [0.1, 0.15) is 30.4 Å². The molecule has 2 rings (SSSR count). The molecule has 1 aliphatic carbocycles. The third kappa shape index (κ3) is 3.62. The molecule has 1 N–H and O–H groups in total. The lowest BCUT2D eigenvalue weighted by molar-refractivity contribution is 0.422. The number of halogens is 1. The van der Waals surface area contributed by atoms with Crippen LogP contribution in [0, 0.1) is 25.7 Å². The minimum atomic E-state index is -3.40. The predicted octanol–water partition coefficient (Wildman–Crippen LogP) is 3.39. The molecule has 3 nitrogen and oxygen atoms in total. The summed E-state index contributed by atoms with van der Waals surface area (Å²) in [5.41, 5.74) is 1.77. The number of rotatable bonds is 5. The minimum absolute atomic E-state index is 0.408. The number of sulfonamides is 1. The Labute approximate surface area is 130 Å². The predicted molar refractivity (Wildman–Crippen MR) is 85.7 cm³/mol. The first-order valence-electron chi connectivity index (χ1n) is 7.07. The zero-order valence-corrected chi connectivity index (χ0v) is 14.4. The summed E-state index contributed by atoms with van der Waals surface area (Å²) in [7, 11) is -3.40. The van der Waals surface area contributed by atoms with Gasteiger partial charge in [0.15, 0.2) is 0 Å². The summed E-state index contributed by atoms with van der Waals surface area (Å²) in [5.74, 6) is 1.05. The van der Waals surface area contributed by atoms with Gasteiger partial charge in [-0.1, -0.05) is 34.5 Å². The highest BCUT2D eigenvalue weighted by atomic mass is 79.9. The minimum Gasteiger partial charge on any atom is -0.211 e. The lowest BCUT2D eigenvalue weighted by atomic mass is 9.99. The Morgan fingerprint density at radius 3 is 2.65 bits per heavy atom. The number of aryl methyl sites for hydroxylation is 2. The molecule has 2 unspecified atom stereocenters. The second-order valence-electron chi connectivity index (χ2n) is 5.73. The summed E-state index contributed by atoms with van der Waals surface area (Å²) < 4.78 is 27.7. The van der Waals surface area contributed by atoms with Crippen LogP contribution < -0.4 is 4.72 Å². The second kappa shape index (κ2) is 6.58. The summed E-state index contributed by atoms with van der Waals surface area (Å²) in [6.07, 6.45) is 3.51. The second-order valence-corrected chi connectivity index (χ2v) is 8.11. The Balaban J connectivity index is 2.09. The number of hydrogen-bond acceptors (Lipinski definition) is 2.